The Bertz CT molecular complexity index is 288. The number of carbonyl (C=O) groups is 2. The number of hydrogen-bond acceptors (Lipinski definition) is 4. The summed E-state index contributed by atoms with van der Waals surface area (Å²) in [6, 6.07) is 8.76. The van der Waals surface area contributed by atoms with Gasteiger partial charge in [0.15, 0.2) is 0 Å². The summed E-state index contributed by atoms with van der Waals surface area (Å²) < 4.78 is 0. The van der Waals surface area contributed by atoms with Gasteiger partial charge in [0.05, 0.1) is 0 Å². The predicted molar refractivity (Wildman–Crippen MR) is 40.4 cm³/mol. The van der Waals surface area contributed by atoms with E-state index in [2.05, 4.69) is 0 Å². The topological polar surface area (TPSA) is 106 Å². The second-order valence-corrected chi connectivity index (χ2v) is 1.98. The molecule has 7 heteroatoms. The van der Waals surface area contributed by atoms with Crippen LogP contribution in [0.2, 0.25) is 0 Å². The van der Waals surface area contributed by atoms with Crippen molar-refractivity contribution in [2.45, 2.75) is 0 Å². The zero-order valence-electron chi connectivity index (χ0n) is 8.60. The van der Waals surface area contributed by atoms with E-state index in [-0.39, 0.29) is 144 Å². The molecular formula is C8H7Cs2NO4. The molecule has 1 rings (SSSR count). The maximum Gasteiger partial charge on any atom is 1.00 e. The fourth-order valence-electron chi connectivity index (χ4n) is 0.602. The van der Waals surface area contributed by atoms with Gasteiger partial charge in [0, 0.05) is 5.56 Å². The van der Waals surface area contributed by atoms with Crippen molar-refractivity contribution in [3.63, 3.8) is 0 Å². The molecule has 0 atom stereocenters. The summed E-state index contributed by atoms with van der Waals surface area (Å²) in [7, 11) is 0. The first kappa shape index (κ1) is 22.3. The van der Waals surface area contributed by atoms with Crippen molar-refractivity contribution in [1.82, 2.24) is 0 Å². The van der Waals surface area contributed by atoms with Crippen molar-refractivity contribution in [1.29, 1.82) is 0 Å². The Labute approximate surface area is 205 Å². The minimum Gasteiger partial charge on any atom is -0.652 e. The molecule has 0 saturated heterocycles. The number of hydrogen-bond donors (Lipinski definition) is 1. The standard InChI is InChI=1S/C7H7NO.CH2O3.2Cs/c8-7(9)6-4-2-1-3-5-6;2-1(3)4;;/h1-5H,(H2,8,9);(H2,2,3,4);;/q;;2*+1/p-2. The second-order valence-electron chi connectivity index (χ2n) is 1.98. The number of amides is 1. The van der Waals surface area contributed by atoms with Crippen LogP contribution in [0.5, 0.6) is 0 Å². The second kappa shape index (κ2) is 14.1. The van der Waals surface area contributed by atoms with Gasteiger partial charge in [-0.15, -0.1) is 0 Å². The maximum atomic E-state index is 10.4. The molecule has 15 heavy (non-hydrogen) atoms. The van der Waals surface area contributed by atoms with Crippen LogP contribution in [0.4, 0.5) is 4.79 Å². The first-order valence-electron chi connectivity index (χ1n) is 3.27. The predicted octanol–water partition coefficient (Wildman–Crippen LogP) is -7.65. The van der Waals surface area contributed by atoms with Gasteiger partial charge in [0.25, 0.3) is 0 Å². The van der Waals surface area contributed by atoms with Crippen LogP contribution >= 0.6 is 0 Å². The van der Waals surface area contributed by atoms with Crippen LogP contribution in [-0.4, -0.2) is 12.1 Å². The number of benzene rings is 1. The van der Waals surface area contributed by atoms with E-state index in [9.17, 15) is 4.79 Å². The Balaban J connectivity index is -0.000000213. The summed E-state index contributed by atoms with van der Waals surface area (Å²) >= 11 is 0. The Kier molecular flexibility index (Phi) is 21.0. The van der Waals surface area contributed by atoms with Crippen LogP contribution in [0.15, 0.2) is 30.3 Å². The van der Waals surface area contributed by atoms with Crippen molar-refractivity contribution in [2.24, 2.45) is 5.73 Å². The van der Waals surface area contributed by atoms with Gasteiger partial charge in [0.1, 0.15) is 0 Å². The third kappa shape index (κ3) is 16.1. The van der Waals surface area contributed by atoms with E-state index in [0.717, 1.165) is 0 Å². The van der Waals surface area contributed by atoms with E-state index >= 15 is 0 Å². The third-order valence-corrected chi connectivity index (χ3v) is 1.06. The average molecular weight is 447 g/mol. The van der Waals surface area contributed by atoms with Gasteiger partial charge in [-0.25, -0.2) is 0 Å². The molecule has 0 bridgehead atoms. The van der Waals surface area contributed by atoms with Gasteiger partial charge in [0.2, 0.25) is 5.91 Å². The van der Waals surface area contributed by atoms with Crippen LogP contribution < -0.4 is 154 Å². The molecule has 0 aliphatic heterocycles. The van der Waals surface area contributed by atoms with Gasteiger partial charge in [-0.3, -0.25) is 4.79 Å². The summed E-state index contributed by atoms with van der Waals surface area (Å²) in [4.78, 5) is 18.8. The van der Waals surface area contributed by atoms with Crippen molar-refractivity contribution >= 4 is 12.1 Å². The molecule has 1 aromatic carbocycles. The molecule has 0 saturated carbocycles. The van der Waals surface area contributed by atoms with E-state index in [0.29, 0.717) is 5.56 Å². The minimum absolute atomic E-state index is 0. The maximum absolute atomic E-state index is 10.4. The average Bonchev–Trinajstić information content (AvgIpc) is 2.05. The fourth-order valence-corrected chi connectivity index (χ4v) is 0.602. The molecule has 0 spiro atoms. The van der Waals surface area contributed by atoms with Crippen LogP contribution in [0.1, 0.15) is 10.4 Å². The van der Waals surface area contributed by atoms with E-state index < -0.39 is 6.16 Å². The van der Waals surface area contributed by atoms with Crippen LogP contribution in [0, 0.1) is 0 Å². The summed E-state index contributed by atoms with van der Waals surface area (Å²) in [5.74, 6) is -0.379. The third-order valence-electron chi connectivity index (χ3n) is 1.06. The fraction of sp³-hybridized carbons (Fsp3) is 0. The smallest absolute Gasteiger partial charge is 0.652 e. The zero-order valence-corrected chi connectivity index (χ0v) is 21.2. The molecule has 0 aliphatic carbocycles. The summed E-state index contributed by atoms with van der Waals surface area (Å²) in [6.07, 6.45) is -2.33. The molecule has 0 aliphatic rings. The molecule has 5 nitrogen and oxygen atoms in total. The summed E-state index contributed by atoms with van der Waals surface area (Å²) in [5.41, 5.74) is 5.53. The molecule has 0 aromatic heterocycles. The van der Waals surface area contributed by atoms with Crippen LogP contribution in [-0.2, 0) is 0 Å². The SMILES string of the molecule is NC(=O)c1ccccc1.O=C([O-])[O-].[Cs+].[Cs+]. The van der Waals surface area contributed by atoms with E-state index in [1.807, 2.05) is 6.07 Å². The molecule has 70 valence electrons. The van der Waals surface area contributed by atoms with Gasteiger partial charge in [-0.1, -0.05) is 18.2 Å². The van der Waals surface area contributed by atoms with Crippen molar-refractivity contribution in [3.05, 3.63) is 35.9 Å². The molecule has 1 amide bonds. The molecular weight excluding hydrogens is 440 g/mol. The van der Waals surface area contributed by atoms with Gasteiger partial charge >= 0.3 is 138 Å². The summed E-state index contributed by atoms with van der Waals surface area (Å²) in [5, 5.41) is 16.7. The quantitative estimate of drug-likeness (QED) is 0.462. The number of carboxylic acid groups (broad SMARTS) is 2. The van der Waals surface area contributed by atoms with Crippen LogP contribution in [0.3, 0.4) is 0 Å². The Hall–Kier alpha value is 2.06. The summed E-state index contributed by atoms with van der Waals surface area (Å²) in [6.45, 7) is 0. The van der Waals surface area contributed by atoms with E-state index in [1.54, 1.807) is 24.3 Å². The molecule has 0 unspecified atom stereocenters. The number of rotatable bonds is 1. The molecule has 0 heterocycles. The normalized spacial score (nSPS) is 6.93. The first-order valence-corrected chi connectivity index (χ1v) is 3.27. The molecule has 0 radical (unpaired) electrons. The van der Waals surface area contributed by atoms with Crippen LogP contribution in [0.25, 0.3) is 0 Å². The van der Waals surface area contributed by atoms with Gasteiger partial charge in [-0.2, -0.15) is 0 Å². The molecule has 2 N–H and O–H groups in total. The Morgan fingerprint density at radius 2 is 1.33 bits per heavy atom. The van der Waals surface area contributed by atoms with Crippen molar-refractivity contribution < 1.29 is 158 Å². The Morgan fingerprint density at radius 3 is 1.53 bits per heavy atom. The Morgan fingerprint density at radius 1 is 1.00 bits per heavy atom. The van der Waals surface area contributed by atoms with E-state index in [4.69, 9.17) is 20.7 Å². The zero-order chi connectivity index (χ0) is 10.3. The largest absolute Gasteiger partial charge is 1.00 e. The molecule has 0 fully saturated rings. The van der Waals surface area contributed by atoms with Gasteiger partial charge < -0.3 is 20.7 Å². The van der Waals surface area contributed by atoms with E-state index in [1.165, 1.54) is 0 Å². The van der Waals surface area contributed by atoms with Gasteiger partial charge in [-0.05, 0) is 18.3 Å². The number of primary amides is 1. The molecule has 1 aromatic rings. The van der Waals surface area contributed by atoms with Crippen molar-refractivity contribution in [2.75, 3.05) is 0 Å². The van der Waals surface area contributed by atoms with Crippen molar-refractivity contribution in [3.8, 4) is 0 Å². The first-order chi connectivity index (χ1) is 6.04. The monoisotopic (exact) mass is 447 g/mol. The minimum atomic E-state index is -2.33. The number of carbonyl (C=O) groups excluding carboxylic acids is 2. The number of nitrogens with two attached hydrogens (primary N) is 1.